The zero-order valence-corrected chi connectivity index (χ0v) is 25.6. The first-order chi connectivity index (χ1) is 19.1. The summed E-state index contributed by atoms with van der Waals surface area (Å²) in [5, 5.41) is 3.01. The second-order valence-corrected chi connectivity index (χ2v) is 12.2. The van der Waals surface area contributed by atoms with Crippen molar-refractivity contribution >= 4 is 17.5 Å². The van der Waals surface area contributed by atoms with Gasteiger partial charge in [0.25, 0.3) is 5.91 Å². The fourth-order valence-electron chi connectivity index (χ4n) is 5.74. The molecule has 0 bridgehead atoms. The molecule has 1 aromatic rings. The summed E-state index contributed by atoms with van der Waals surface area (Å²) >= 11 is 0. The number of piperidine rings is 1. The highest BCUT2D eigenvalue weighted by Gasteiger charge is 2.23. The molecule has 222 valence electrons. The third-order valence-corrected chi connectivity index (χ3v) is 8.51. The molecule has 0 radical (unpaired) electrons. The first-order valence-corrected chi connectivity index (χ1v) is 16.8. The average molecular weight is 541 g/mol. The van der Waals surface area contributed by atoms with Gasteiger partial charge in [-0.2, -0.15) is 0 Å². The summed E-state index contributed by atoms with van der Waals surface area (Å²) in [7, 11) is 0. The number of carbonyl (C=O) groups is 2. The lowest BCUT2D eigenvalue weighted by Crippen LogP contribution is -2.38. The Kier molecular flexibility index (Phi) is 18.8. The fourth-order valence-corrected chi connectivity index (χ4v) is 5.74. The zero-order chi connectivity index (χ0) is 28.0. The summed E-state index contributed by atoms with van der Waals surface area (Å²) in [6, 6.07) is 7.47. The number of nitrogens with zero attached hydrogens (tertiary/aromatic N) is 1. The van der Waals surface area contributed by atoms with Gasteiger partial charge in [-0.05, 0) is 37.3 Å². The van der Waals surface area contributed by atoms with Gasteiger partial charge in [0.2, 0.25) is 5.91 Å². The highest BCUT2D eigenvalue weighted by atomic mass is 16.2. The number of rotatable bonds is 22. The third kappa shape index (κ3) is 15.5. The van der Waals surface area contributed by atoms with Crippen LogP contribution in [0.5, 0.6) is 0 Å². The Morgan fingerprint density at radius 1 is 0.692 bits per heavy atom. The van der Waals surface area contributed by atoms with Crippen molar-refractivity contribution in [2.24, 2.45) is 5.92 Å². The van der Waals surface area contributed by atoms with Gasteiger partial charge < -0.3 is 10.2 Å². The Morgan fingerprint density at radius 3 is 1.62 bits per heavy atom. The molecule has 2 amide bonds. The molecular formula is C35H60N2O2. The van der Waals surface area contributed by atoms with Gasteiger partial charge in [-0.25, -0.2) is 0 Å². The third-order valence-electron chi connectivity index (χ3n) is 8.51. The summed E-state index contributed by atoms with van der Waals surface area (Å²) in [5.41, 5.74) is 1.28. The van der Waals surface area contributed by atoms with Crippen LogP contribution in [0.25, 0.3) is 0 Å². The van der Waals surface area contributed by atoms with Crippen LogP contribution in [0.1, 0.15) is 165 Å². The molecule has 4 heteroatoms. The van der Waals surface area contributed by atoms with E-state index in [1.165, 1.54) is 109 Å². The van der Waals surface area contributed by atoms with Crippen molar-refractivity contribution in [2.45, 2.75) is 155 Å². The van der Waals surface area contributed by atoms with Crippen LogP contribution in [0, 0.1) is 5.92 Å². The first-order valence-electron chi connectivity index (χ1n) is 16.8. The highest BCUT2D eigenvalue weighted by molar-refractivity contribution is 6.03. The molecule has 1 aliphatic rings. The Hall–Kier alpha value is -1.84. The van der Waals surface area contributed by atoms with Gasteiger partial charge in [-0.1, -0.05) is 142 Å². The maximum Gasteiger partial charge on any atom is 0.255 e. The van der Waals surface area contributed by atoms with Crippen molar-refractivity contribution in [3.05, 3.63) is 29.8 Å². The van der Waals surface area contributed by atoms with Gasteiger partial charge >= 0.3 is 0 Å². The van der Waals surface area contributed by atoms with Crippen molar-refractivity contribution in [1.29, 1.82) is 0 Å². The molecule has 1 N–H and O–H groups in total. The molecule has 4 nitrogen and oxygen atoms in total. The molecule has 1 heterocycles. The van der Waals surface area contributed by atoms with E-state index in [0.717, 1.165) is 38.8 Å². The molecule has 39 heavy (non-hydrogen) atoms. The predicted molar refractivity (Wildman–Crippen MR) is 167 cm³/mol. The van der Waals surface area contributed by atoms with Crippen LogP contribution in [0.3, 0.4) is 0 Å². The maximum absolute atomic E-state index is 13.0. The van der Waals surface area contributed by atoms with Crippen LogP contribution >= 0.6 is 0 Å². The number of hydrogen-bond donors (Lipinski definition) is 1. The minimum absolute atomic E-state index is 0.0227. The van der Waals surface area contributed by atoms with Crippen molar-refractivity contribution in [2.75, 3.05) is 18.4 Å². The fraction of sp³-hybridized carbons (Fsp3) is 0.771. The van der Waals surface area contributed by atoms with E-state index >= 15 is 0 Å². The molecular weight excluding hydrogens is 480 g/mol. The molecule has 0 unspecified atom stereocenters. The summed E-state index contributed by atoms with van der Waals surface area (Å²) < 4.78 is 0. The zero-order valence-electron chi connectivity index (χ0n) is 25.6. The largest absolute Gasteiger partial charge is 0.339 e. The smallest absolute Gasteiger partial charge is 0.255 e. The van der Waals surface area contributed by atoms with Gasteiger partial charge in [-0.3, -0.25) is 9.59 Å². The summed E-state index contributed by atoms with van der Waals surface area (Å²) in [6.07, 6.45) is 28.3. The topological polar surface area (TPSA) is 49.4 Å². The second kappa shape index (κ2) is 21.9. The van der Waals surface area contributed by atoms with Crippen molar-refractivity contribution in [3.8, 4) is 0 Å². The van der Waals surface area contributed by atoms with E-state index in [9.17, 15) is 9.59 Å². The highest BCUT2D eigenvalue weighted by Crippen LogP contribution is 2.23. The van der Waals surface area contributed by atoms with Crippen LogP contribution < -0.4 is 5.32 Å². The van der Waals surface area contributed by atoms with Crippen LogP contribution in [0.2, 0.25) is 0 Å². The van der Waals surface area contributed by atoms with E-state index in [-0.39, 0.29) is 11.8 Å². The minimum atomic E-state index is 0.0227. The number of unbranched alkanes of at least 4 members (excludes halogenated alkanes) is 18. The number of benzene rings is 1. The van der Waals surface area contributed by atoms with Crippen LogP contribution in [0.4, 0.5) is 5.69 Å². The van der Waals surface area contributed by atoms with E-state index in [0.29, 0.717) is 23.6 Å². The maximum atomic E-state index is 13.0. The van der Waals surface area contributed by atoms with E-state index in [1.807, 2.05) is 29.2 Å². The van der Waals surface area contributed by atoms with E-state index in [4.69, 9.17) is 0 Å². The standard InChI is InChI=1S/C35H60N2O2/c1-3-4-5-6-7-8-9-10-11-12-13-14-15-16-17-18-19-20-21-26-34(38)36-33-25-23-22-24-32(33)35(39)37-29-27-31(2)28-30-37/h22-25,31H,3-21,26-30H2,1-2H3,(H,36,38). The Balaban J connectivity index is 1.42. The molecule has 2 rings (SSSR count). The number of para-hydroxylation sites is 1. The van der Waals surface area contributed by atoms with Gasteiger partial charge in [-0.15, -0.1) is 0 Å². The van der Waals surface area contributed by atoms with Crippen LogP contribution in [-0.2, 0) is 4.79 Å². The average Bonchev–Trinajstić information content (AvgIpc) is 2.94. The molecule has 1 saturated heterocycles. The molecule has 0 saturated carbocycles. The van der Waals surface area contributed by atoms with Crippen molar-refractivity contribution < 1.29 is 9.59 Å². The normalized spacial score (nSPS) is 14.1. The number of hydrogen-bond acceptors (Lipinski definition) is 2. The second-order valence-electron chi connectivity index (χ2n) is 12.2. The van der Waals surface area contributed by atoms with Gasteiger partial charge in [0, 0.05) is 19.5 Å². The Morgan fingerprint density at radius 2 is 1.13 bits per heavy atom. The first kappa shape index (κ1) is 33.4. The number of carbonyl (C=O) groups excluding carboxylic acids is 2. The molecule has 0 spiro atoms. The Bertz CT molecular complexity index is 770. The SMILES string of the molecule is CCCCCCCCCCCCCCCCCCCCCC(=O)Nc1ccccc1C(=O)N1CCC(C)CC1. The lowest BCUT2D eigenvalue weighted by Gasteiger charge is -2.30. The minimum Gasteiger partial charge on any atom is -0.339 e. The van der Waals surface area contributed by atoms with Gasteiger partial charge in [0.1, 0.15) is 0 Å². The van der Waals surface area contributed by atoms with Crippen LogP contribution in [0.15, 0.2) is 24.3 Å². The van der Waals surface area contributed by atoms with E-state index in [1.54, 1.807) is 0 Å². The predicted octanol–water partition coefficient (Wildman–Crippen LogP) is 10.3. The number of amides is 2. The quantitative estimate of drug-likeness (QED) is 0.149. The number of likely N-dealkylation sites (tertiary alicyclic amines) is 1. The van der Waals surface area contributed by atoms with Gasteiger partial charge in [0.15, 0.2) is 0 Å². The molecule has 1 aromatic carbocycles. The summed E-state index contributed by atoms with van der Waals surface area (Å²) in [4.78, 5) is 27.5. The van der Waals surface area contributed by atoms with Crippen LogP contribution in [-0.4, -0.2) is 29.8 Å². The summed E-state index contributed by atoms with van der Waals surface area (Å²) in [6.45, 7) is 6.15. The molecule has 0 atom stereocenters. The van der Waals surface area contributed by atoms with Crippen molar-refractivity contribution in [1.82, 2.24) is 4.90 Å². The van der Waals surface area contributed by atoms with Crippen molar-refractivity contribution in [3.63, 3.8) is 0 Å². The summed E-state index contributed by atoms with van der Waals surface area (Å²) in [5.74, 6) is 0.749. The molecule has 1 fully saturated rings. The Labute approximate surface area is 241 Å². The van der Waals surface area contributed by atoms with E-state index in [2.05, 4.69) is 19.2 Å². The lowest BCUT2D eigenvalue weighted by atomic mass is 9.98. The lowest BCUT2D eigenvalue weighted by molar-refractivity contribution is -0.116. The molecule has 1 aliphatic heterocycles. The van der Waals surface area contributed by atoms with E-state index < -0.39 is 0 Å². The molecule has 0 aliphatic carbocycles. The number of nitrogens with one attached hydrogen (secondary N) is 1. The number of anilines is 1. The monoisotopic (exact) mass is 540 g/mol. The molecule has 0 aromatic heterocycles. The van der Waals surface area contributed by atoms with Gasteiger partial charge in [0.05, 0.1) is 11.3 Å².